The maximum absolute atomic E-state index is 13.0. The van der Waals surface area contributed by atoms with E-state index in [0.717, 1.165) is 18.2 Å². The summed E-state index contributed by atoms with van der Waals surface area (Å²) in [5.74, 6) is -0.678. The van der Waals surface area contributed by atoms with Gasteiger partial charge >= 0.3 is 0 Å². The van der Waals surface area contributed by atoms with E-state index in [4.69, 9.17) is 4.74 Å². The molecule has 0 unspecified atom stereocenters. The zero-order chi connectivity index (χ0) is 13.0. The lowest BCUT2D eigenvalue weighted by Gasteiger charge is -2.06. The first kappa shape index (κ1) is 12.2. The molecule has 2 aromatic rings. The Morgan fingerprint density at radius 3 is 2.56 bits per heavy atom. The van der Waals surface area contributed by atoms with Gasteiger partial charge in [0.15, 0.2) is 0 Å². The summed E-state index contributed by atoms with van der Waals surface area (Å²) in [5, 5.41) is 2.95. The van der Waals surface area contributed by atoms with Crippen molar-refractivity contribution in [3.8, 4) is 11.6 Å². The average molecular weight is 251 g/mol. The van der Waals surface area contributed by atoms with Crippen molar-refractivity contribution in [1.29, 1.82) is 0 Å². The van der Waals surface area contributed by atoms with Crippen LogP contribution in [-0.4, -0.2) is 16.5 Å². The molecule has 0 amide bonds. The van der Waals surface area contributed by atoms with Crippen molar-refractivity contribution < 1.29 is 13.5 Å². The van der Waals surface area contributed by atoms with Gasteiger partial charge in [-0.2, -0.15) is 4.98 Å². The van der Waals surface area contributed by atoms with Gasteiger partial charge in [-0.05, 0) is 6.92 Å². The summed E-state index contributed by atoms with van der Waals surface area (Å²) >= 11 is 0. The standard InChI is InChI=1S/C12H11F2N3O/c1-2-16-11-6-15-7-12(17-11)18-10-4-8(13)3-9(14)5-10/h3-7H,2H2,1H3,(H,16,17). The SMILES string of the molecule is CCNc1cncc(Oc2cc(F)cc(F)c2)n1. The molecule has 1 aromatic heterocycles. The zero-order valence-corrected chi connectivity index (χ0v) is 9.65. The maximum atomic E-state index is 13.0. The summed E-state index contributed by atoms with van der Waals surface area (Å²) < 4.78 is 31.2. The van der Waals surface area contributed by atoms with Gasteiger partial charge in [-0.3, -0.25) is 4.98 Å². The van der Waals surface area contributed by atoms with Gasteiger partial charge in [-0.1, -0.05) is 0 Å². The smallest absolute Gasteiger partial charge is 0.239 e. The molecule has 0 spiro atoms. The number of aromatic nitrogens is 2. The molecule has 0 radical (unpaired) electrons. The molecule has 0 atom stereocenters. The van der Waals surface area contributed by atoms with Crippen LogP contribution in [0.1, 0.15) is 6.92 Å². The highest BCUT2D eigenvalue weighted by atomic mass is 19.1. The Kier molecular flexibility index (Phi) is 3.66. The van der Waals surface area contributed by atoms with Crippen molar-refractivity contribution in [2.75, 3.05) is 11.9 Å². The number of hydrogen-bond donors (Lipinski definition) is 1. The zero-order valence-electron chi connectivity index (χ0n) is 9.65. The summed E-state index contributed by atoms with van der Waals surface area (Å²) in [7, 11) is 0. The second-order valence-corrected chi connectivity index (χ2v) is 3.48. The van der Waals surface area contributed by atoms with E-state index in [1.807, 2.05) is 6.92 Å². The lowest BCUT2D eigenvalue weighted by Crippen LogP contribution is -2.00. The Bertz CT molecular complexity index is 528. The van der Waals surface area contributed by atoms with Gasteiger partial charge in [0.2, 0.25) is 5.88 Å². The topological polar surface area (TPSA) is 47.0 Å². The van der Waals surface area contributed by atoms with Crippen LogP contribution in [0.15, 0.2) is 30.6 Å². The van der Waals surface area contributed by atoms with Crippen LogP contribution in [-0.2, 0) is 0 Å². The number of rotatable bonds is 4. The van der Waals surface area contributed by atoms with Crippen molar-refractivity contribution in [3.05, 3.63) is 42.2 Å². The number of nitrogens with one attached hydrogen (secondary N) is 1. The van der Waals surface area contributed by atoms with Crippen molar-refractivity contribution in [2.45, 2.75) is 6.92 Å². The first-order chi connectivity index (χ1) is 8.67. The third-order valence-corrected chi connectivity index (χ3v) is 2.03. The summed E-state index contributed by atoms with van der Waals surface area (Å²) in [4.78, 5) is 7.98. The summed E-state index contributed by atoms with van der Waals surface area (Å²) in [6, 6.07) is 2.92. The normalized spacial score (nSPS) is 10.2. The second-order valence-electron chi connectivity index (χ2n) is 3.48. The number of halogens is 2. The van der Waals surface area contributed by atoms with Gasteiger partial charge in [0, 0.05) is 24.7 Å². The molecule has 0 saturated heterocycles. The minimum Gasteiger partial charge on any atom is -0.437 e. The fourth-order valence-corrected chi connectivity index (χ4v) is 1.37. The molecule has 0 aliphatic carbocycles. The molecule has 0 fully saturated rings. The van der Waals surface area contributed by atoms with Crippen molar-refractivity contribution in [2.24, 2.45) is 0 Å². The van der Waals surface area contributed by atoms with Gasteiger partial charge in [0.25, 0.3) is 0 Å². The molecule has 0 bridgehead atoms. The van der Waals surface area contributed by atoms with Crippen LogP contribution in [0, 0.1) is 11.6 Å². The fourth-order valence-electron chi connectivity index (χ4n) is 1.37. The van der Waals surface area contributed by atoms with E-state index in [9.17, 15) is 8.78 Å². The van der Waals surface area contributed by atoms with Gasteiger partial charge in [0.05, 0.1) is 12.4 Å². The number of nitrogens with zero attached hydrogens (tertiary/aromatic N) is 2. The van der Waals surface area contributed by atoms with E-state index in [1.54, 1.807) is 0 Å². The van der Waals surface area contributed by atoms with E-state index < -0.39 is 11.6 Å². The first-order valence-corrected chi connectivity index (χ1v) is 5.37. The number of anilines is 1. The Morgan fingerprint density at radius 2 is 1.89 bits per heavy atom. The molecule has 0 saturated carbocycles. The molecule has 2 rings (SSSR count). The molecular weight excluding hydrogens is 240 g/mol. The van der Waals surface area contributed by atoms with Crippen LogP contribution in [0.25, 0.3) is 0 Å². The lowest BCUT2D eigenvalue weighted by molar-refractivity contribution is 0.449. The van der Waals surface area contributed by atoms with Gasteiger partial charge < -0.3 is 10.1 Å². The minimum absolute atomic E-state index is 0.0375. The Balaban J connectivity index is 2.20. The highest BCUT2D eigenvalue weighted by Crippen LogP contribution is 2.21. The Morgan fingerprint density at radius 1 is 1.17 bits per heavy atom. The molecule has 18 heavy (non-hydrogen) atoms. The summed E-state index contributed by atoms with van der Waals surface area (Å²) in [5.41, 5.74) is 0. The molecule has 0 aliphatic rings. The Labute approximate surface area is 103 Å². The predicted molar refractivity (Wildman–Crippen MR) is 62.6 cm³/mol. The number of hydrogen-bond acceptors (Lipinski definition) is 4. The van der Waals surface area contributed by atoms with E-state index in [0.29, 0.717) is 12.4 Å². The van der Waals surface area contributed by atoms with Crippen LogP contribution in [0.3, 0.4) is 0 Å². The van der Waals surface area contributed by atoms with Crippen LogP contribution < -0.4 is 10.1 Å². The molecule has 94 valence electrons. The monoisotopic (exact) mass is 251 g/mol. The van der Waals surface area contributed by atoms with E-state index in [1.165, 1.54) is 12.4 Å². The van der Waals surface area contributed by atoms with E-state index >= 15 is 0 Å². The summed E-state index contributed by atoms with van der Waals surface area (Å²) in [6.07, 6.45) is 2.90. The van der Waals surface area contributed by atoms with E-state index in [2.05, 4.69) is 15.3 Å². The maximum Gasteiger partial charge on any atom is 0.239 e. The van der Waals surface area contributed by atoms with Crippen molar-refractivity contribution >= 4 is 5.82 Å². The highest BCUT2D eigenvalue weighted by molar-refractivity contribution is 5.35. The quantitative estimate of drug-likeness (QED) is 0.907. The summed E-state index contributed by atoms with van der Waals surface area (Å²) in [6.45, 7) is 2.60. The Hall–Kier alpha value is -2.24. The minimum atomic E-state index is -0.708. The van der Waals surface area contributed by atoms with Gasteiger partial charge in [0.1, 0.15) is 23.2 Å². The average Bonchev–Trinajstić information content (AvgIpc) is 2.28. The predicted octanol–water partition coefficient (Wildman–Crippen LogP) is 2.98. The van der Waals surface area contributed by atoms with Gasteiger partial charge in [-0.15, -0.1) is 0 Å². The molecule has 0 aliphatic heterocycles. The largest absolute Gasteiger partial charge is 0.437 e. The van der Waals surface area contributed by atoms with Gasteiger partial charge in [-0.25, -0.2) is 8.78 Å². The molecule has 1 heterocycles. The van der Waals surface area contributed by atoms with Crippen molar-refractivity contribution in [3.63, 3.8) is 0 Å². The third-order valence-electron chi connectivity index (χ3n) is 2.03. The van der Waals surface area contributed by atoms with E-state index in [-0.39, 0.29) is 11.6 Å². The lowest BCUT2D eigenvalue weighted by atomic mass is 10.3. The number of benzene rings is 1. The molecule has 4 nitrogen and oxygen atoms in total. The molecule has 1 aromatic carbocycles. The molecule has 1 N–H and O–H groups in total. The highest BCUT2D eigenvalue weighted by Gasteiger charge is 2.05. The number of ether oxygens (including phenoxy) is 1. The second kappa shape index (κ2) is 5.39. The van der Waals surface area contributed by atoms with Crippen LogP contribution >= 0.6 is 0 Å². The molecular formula is C12H11F2N3O. The fraction of sp³-hybridized carbons (Fsp3) is 0.167. The third kappa shape index (κ3) is 3.13. The van der Waals surface area contributed by atoms with Crippen molar-refractivity contribution in [1.82, 2.24) is 9.97 Å². The van der Waals surface area contributed by atoms with Crippen LogP contribution in [0.4, 0.5) is 14.6 Å². The van der Waals surface area contributed by atoms with Crippen LogP contribution in [0.2, 0.25) is 0 Å². The first-order valence-electron chi connectivity index (χ1n) is 5.37. The molecule has 6 heteroatoms. The van der Waals surface area contributed by atoms with Crippen LogP contribution in [0.5, 0.6) is 11.6 Å².